The van der Waals surface area contributed by atoms with Gasteiger partial charge in [0.2, 0.25) is 0 Å². The Morgan fingerprint density at radius 3 is 2.43 bits per heavy atom. The Morgan fingerprint density at radius 1 is 1.14 bits per heavy atom. The summed E-state index contributed by atoms with van der Waals surface area (Å²) in [5.41, 5.74) is 0. The van der Waals surface area contributed by atoms with Gasteiger partial charge in [-0.3, -0.25) is 0 Å². The summed E-state index contributed by atoms with van der Waals surface area (Å²) in [6.07, 6.45) is 4.03. The molecule has 0 aromatic heterocycles. The smallest absolute Gasteiger partial charge is 0.0547 e. The molecule has 0 saturated heterocycles. The molecule has 1 N–H and O–H groups in total. The highest BCUT2D eigenvalue weighted by Crippen LogP contribution is 2.03. The number of hydrogen-bond acceptors (Lipinski definition) is 2. The van der Waals surface area contributed by atoms with E-state index in [0.29, 0.717) is 12.0 Å². The van der Waals surface area contributed by atoms with Crippen molar-refractivity contribution in [3.05, 3.63) is 0 Å². The van der Waals surface area contributed by atoms with Gasteiger partial charge < -0.3 is 10.1 Å². The first-order valence-electron chi connectivity index (χ1n) is 5.99. The lowest BCUT2D eigenvalue weighted by molar-refractivity contribution is 0.0414. The quantitative estimate of drug-likeness (QED) is 0.579. The molecule has 0 rings (SSSR count). The molecule has 0 aromatic rings. The highest BCUT2D eigenvalue weighted by atomic mass is 16.5. The minimum Gasteiger partial charge on any atom is -0.378 e. The summed E-state index contributed by atoms with van der Waals surface area (Å²) in [4.78, 5) is 0. The second-order valence-corrected chi connectivity index (χ2v) is 4.43. The first-order chi connectivity index (χ1) is 6.66. The van der Waals surface area contributed by atoms with E-state index < -0.39 is 0 Å². The summed E-state index contributed by atoms with van der Waals surface area (Å²) in [5, 5.41) is 3.40. The molecular weight excluding hydrogens is 174 g/mol. The van der Waals surface area contributed by atoms with Crippen molar-refractivity contribution < 1.29 is 4.74 Å². The van der Waals surface area contributed by atoms with Gasteiger partial charge in [-0.25, -0.2) is 0 Å². The highest BCUT2D eigenvalue weighted by molar-refractivity contribution is 4.54. The Morgan fingerprint density at radius 2 is 1.86 bits per heavy atom. The van der Waals surface area contributed by atoms with E-state index in [0.717, 1.165) is 19.7 Å². The van der Waals surface area contributed by atoms with Crippen LogP contribution in [-0.2, 0) is 4.74 Å². The van der Waals surface area contributed by atoms with Crippen LogP contribution in [0.5, 0.6) is 0 Å². The molecule has 0 aromatic carbocycles. The molecule has 14 heavy (non-hydrogen) atoms. The average Bonchev–Trinajstić information content (AvgIpc) is 2.14. The van der Waals surface area contributed by atoms with Gasteiger partial charge in [0.05, 0.1) is 6.10 Å². The molecule has 0 heterocycles. The van der Waals surface area contributed by atoms with Crippen LogP contribution < -0.4 is 5.32 Å². The van der Waals surface area contributed by atoms with Crippen molar-refractivity contribution in [2.45, 2.75) is 53.1 Å². The van der Waals surface area contributed by atoms with Crippen LogP contribution in [0.4, 0.5) is 0 Å². The molecule has 0 radical (unpaired) electrons. The summed E-state index contributed by atoms with van der Waals surface area (Å²) >= 11 is 0. The Balaban J connectivity index is 3.14. The molecule has 0 saturated carbocycles. The summed E-state index contributed by atoms with van der Waals surface area (Å²) < 4.78 is 5.68. The van der Waals surface area contributed by atoms with E-state index in [9.17, 15) is 0 Å². The summed E-state index contributed by atoms with van der Waals surface area (Å²) in [6, 6.07) is 0. The first-order valence-corrected chi connectivity index (χ1v) is 5.99. The molecule has 0 amide bonds. The average molecular weight is 201 g/mol. The molecule has 0 aliphatic heterocycles. The summed E-state index contributed by atoms with van der Waals surface area (Å²) in [6.45, 7) is 11.9. The monoisotopic (exact) mass is 201 g/mol. The molecule has 1 atom stereocenters. The van der Waals surface area contributed by atoms with Crippen LogP contribution in [0.2, 0.25) is 0 Å². The lowest BCUT2D eigenvalue weighted by Gasteiger charge is -2.14. The van der Waals surface area contributed by atoms with Gasteiger partial charge in [-0.1, -0.05) is 20.8 Å². The summed E-state index contributed by atoms with van der Waals surface area (Å²) in [7, 11) is 0. The third-order valence-electron chi connectivity index (χ3n) is 2.11. The van der Waals surface area contributed by atoms with Crippen molar-refractivity contribution in [2.75, 3.05) is 19.7 Å². The maximum Gasteiger partial charge on any atom is 0.0547 e. The van der Waals surface area contributed by atoms with Crippen molar-refractivity contribution in [1.29, 1.82) is 0 Å². The fourth-order valence-electron chi connectivity index (χ4n) is 1.26. The van der Waals surface area contributed by atoms with Gasteiger partial charge in [0.25, 0.3) is 0 Å². The largest absolute Gasteiger partial charge is 0.378 e. The standard InChI is InChI=1S/C12H27NO/c1-5-8-13-9-6-7-12(4)14-10-11(2)3/h11-13H,5-10H2,1-4H3. The molecular formula is C12H27NO. The van der Waals surface area contributed by atoms with Crippen molar-refractivity contribution in [3.63, 3.8) is 0 Å². The van der Waals surface area contributed by atoms with Gasteiger partial charge >= 0.3 is 0 Å². The van der Waals surface area contributed by atoms with E-state index in [1.165, 1.54) is 19.3 Å². The van der Waals surface area contributed by atoms with E-state index in [4.69, 9.17) is 4.74 Å². The number of ether oxygens (including phenoxy) is 1. The highest BCUT2D eigenvalue weighted by Gasteiger charge is 2.02. The zero-order chi connectivity index (χ0) is 10.8. The molecule has 86 valence electrons. The van der Waals surface area contributed by atoms with Gasteiger partial charge in [-0.15, -0.1) is 0 Å². The van der Waals surface area contributed by atoms with Crippen LogP contribution in [0.1, 0.15) is 47.0 Å². The second-order valence-electron chi connectivity index (χ2n) is 4.43. The fourth-order valence-corrected chi connectivity index (χ4v) is 1.26. The Bertz CT molecular complexity index is 115. The van der Waals surface area contributed by atoms with E-state index in [-0.39, 0.29) is 0 Å². The molecule has 2 heteroatoms. The van der Waals surface area contributed by atoms with Crippen molar-refractivity contribution in [3.8, 4) is 0 Å². The van der Waals surface area contributed by atoms with Crippen LogP contribution in [-0.4, -0.2) is 25.8 Å². The molecule has 0 aliphatic carbocycles. The Hall–Kier alpha value is -0.0800. The zero-order valence-electron chi connectivity index (χ0n) is 10.3. The SMILES string of the molecule is CCCNCCCC(C)OCC(C)C. The van der Waals surface area contributed by atoms with Crippen LogP contribution in [0.25, 0.3) is 0 Å². The lowest BCUT2D eigenvalue weighted by Crippen LogP contribution is -2.19. The predicted molar refractivity (Wildman–Crippen MR) is 62.6 cm³/mol. The van der Waals surface area contributed by atoms with Crippen LogP contribution >= 0.6 is 0 Å². The predicted octanol–water partition coefficient (Wildman–Crippen LogP) is 2.83. The van der Waals surface area contributed by atoms with Gasteiger partial charge in [-0.05, 0) is 45.2 Å². The minimum absolute atomic E-state index is 0.417. The third-order valence-corrected chi connectivity index (χ3v) is 2.11. The van der Waals surface area contributed by atoms with Crippen molar-refractivity contribution in [2.24, 2.45) is 5.92 Å². The molecule has 0 aliphatic rings. The van der Waals surface area contributed by atoms with Crippen LogP contribution in [0.15, 0.2) is 0 Å². The third kappa shape index (κ3) is 10.0. The van der Waals surface area contributed by atoms with Crippen molar-refractivity contribution >= 4 is 0 Å². The lowest BCUT2D eigenvalue weighted by atomic mass is 10.2. The number of nitrogens with one attached hydrogen (secondary N) is 1. The maximum absolute atomic E-state index is 5.68. The van der Waals surface area contributed by atoms with E-state index in [1.807, 2.05) is 0 Å². The van der Waals surface area contributed by atoms with Crippen LogP contribution in [0, 0.1) is 5.92 Å². The van der Waals surface area contributed by atoms with Gasteiger partial charge in [0.15, 0.2) is 0 Å². The first kappa shape index (κ1) is 13.9. The molecule has 0 fully saturated rings. The topological polar surface area (TPSA) is 21.3 Å². The maximum atomic E-state index is 5.68. The normalized spacial score (nSPS) is 13.5. The fraction of sp³-hybridized carbons (Fsp3) is 1.00. The molecule has 0 bridgehead atoms. The molecule has 0 spiro atoms. The summed E-state index contributed by atoms with van der Waals surface area (Å²) in [5.74, 6) is 0.649. The van der Waals surface area contributed by atoms with Gasteiger partial charge in [-0.2, -0.15) is 0 Å². The second kappa shape index (κ2) is 9.47. The number of hydrogen-bond donors (Lipinski definition) is 1. The van der Waals surface area contributed by atoms with Crippen molar-refractivity contribution in [1.82, 2.24) is 5.32 Å². The Kier molecular flexibility index (Phi) is 9.42. The molecule has 1 unspecified atom stereocenters. The van der Waals surface area contributed by atoms with E-state index in [1.54, 1.807) is 0 Å². The van der Waals surface area contributed by atoms with Gasteiger partial charge in [0, 0.05) is 6.61 Å². The number of rotatable bonds is 9. The van der Waals surface area contributed by atoms with Gasteiger partial charge in [0.1, 0.15) is 0 Å². The van der Waals surface area contributed by atoms with Crippen LogP contribution in [0.3, 0.4) is 0 Å². The van der Waals surface area contributed by atoms with E-state index in [2.05, 4.69) is 33.0 Å². The van der Waals surface area contributed by atoms with E-state index >= 15 is 0 Å². The zero-order valence-corrected chi connectivity index (χ0v) is 10.3. The molecule has 2 nitrogen and oxygen atoms in total. The Labute approximate surface area is 89.4 Å². The minimum atomic E-state index is 0.417.